The predicted molar refractivity (Wildman–Crippen MR) is 147 cm³/mol. The largest absolute Gasteiger partial charge is 0.476 e. The minimum atomic E-state index is -4.70. The first kappa shape index (κ1) is 31.0. The van der Waals surface area contributed by atoms with Crippen molar-refractivity contribution in [3.05, 3.63) is 36.7 Å². The molecule has 7 atom stereocenters. The average molecular weight is 627 g/mol. The Hall–Kier alpha value is -3.43. The smallest absolute Gasteiger partial charge is 0.460 e. The van der Waals surface area contributed by atoms with Gasteiger partial charge in [0.05, 0.1) is 19.5 Å². The van der Waals surface area contributed by atoms with Gasteiger partial charge in [0.25, 0.3) is 5.85 Å². The predicted octanol–water partition coefficient (Wildman–Crippen LogP) is 3.22. The van der Waals surface area contributed by atoms with Crippen LogP contribution in [0.3, 0.4) is 0 Å². The van der Waals surface area contributed by atoms with E-state index >= 15 is 8.78 Å². The number of aromatic nitrogens is 4. The van der Waals surface area contributed by atoms with Gasteiger partial charge in [-0.1, -0.05) is 32.0 Å². The van der Waals surface area contributed by atoms with Crippen molar-refractivity contribution in [3.63, 3.8) is 0 Å². The van der Waals surface area contributed by atoms with Crippen LogP contribution in [0.1, 0.15) is 40.8 Å². The van der Waals surface area contributed by atoms with Crippen molar-refractivity contribution < 1.29 is 46.5 Å². The molecule has 2 aromatic heterocycles. The molecule has 2 fully saturated rings. The summed E-state index contributed by atoms with van der Waals surface area (Å²) in [6.45, 7) is 7.91. The number of ether oxygens (including phenoxy) is 3. The lowest BCUT2D eigenvalue weighted by atomic mass is 9.97. The highest BCUT2D eigenvalue weighted by Crippen LogP contribution is 2.73. The fourth-order valence-electron chi connectivity index (χ4n) is 4.85. The van der Waals surface area contributed by atoms with Gasteiger partial charge in [0.1, 0.15) is 11.8 Å². The number of carbonyl (C=O) groups excluding carboxylic acids is 1. The number of imidazole rings is 1. The van der Waals surface area contributed by atoms with Crippen LogP contribution >= 0.6 is 7.75 Å². The summed E-state index contributed by atoms with van der Waals surface area (Å²) >= 11 is 0. The van der Waals surface area contributed by atoms with Gasteiger partial charge in [-0.3, -0.25) is 13.9 Å². The molecule has 1 saturated carbocycles. The second kappa shape index (κ2) is 10.9. The van der Waals surface area contributed by atoms with Gasteiger partial charge >= 0.3 is 13.7 Å². The lowest BCUT2D eigenvalue weighted by Crippen LogP contribution is -2.45. The van der Waals surface area contributed by atoms with Gasteiger partial charge < -0.3 is 29.6 Å². The third-order valence-corrected chi connectivity index (χ3v) is 8.71. The van der Waals surface area contributed by atoms with Crippen LogP contribution in [0.15, 0.2) is 36.7 Å². The summed E-state index contributed by atoms with van der Waals surface area (Å²) in [6, 6.07) is 6.43. The molecule has 1 aliphatic carbocycles. The van der Waals surface area contributed by atoms with Crippen molar-refractivity contribution in [1.82, 2.24) is 24.6 Å². The number of halogens is 2. The molecule has 4 N–H and O–H groups in total. The monoisotopic (exact) mass is 626 g/mol. The first-order chi connectivity index (χ1) is 20.2. The fourth-order valence-corrected chi connectivity index (χ4v) is 6.55. The molecule has 43 heavy (non-hydrogen) atoms. The van der Waals surface area contributed by atoms with Crippen LogP contribution < -0.4 is 20.1 Å². The molecule has 0 spiro atoms. The normalized spacial score (nSPS) is 30.1. The molecule has 2 aliphatic rings. The molecular formula is C26H33F2N6O8P. The molecule has 0 bridgehead atoms. The van der Waals surface area contributed by atoms with Gasteiger partial charge in [-0.25, -0.2) is 18.3 Å². The number of fused-ring (bicyclic) bond motifs is 2. The van der Waals surface area contributed by atoms with Crippen LogP contribution in [0, 0.1) is 5.92 Å². The number of carbonyl (C=O) groups is 1. The Balaban J connectivity index is 1.42. The number of nitrogens with two attached hydrogens (primary N) is 1. The third kappa shape index (κ3) is 5.20. The number of hydrogen-bond acceptors (Lipinski definition) is 12. The van der Waals surface area contributed by atoms with E-state index in [2.05, 4.69) is 20.0 Å². The van der Waals surface area contributed by atoms with Gasteiger partial charge in [-0.2, -0.15) is 15.1 Å². The number of nitrogens with zero attached hydrogens (tertiary/aromatic N) is 4. The highest BCUT2D eigenvalue weighted by molar-refractivity contribution is 7.52. The molecule has 5 rings (SSSR count). The number of nitrogen functional groups attached to an aromatic ring is 1. The molecule has 14 nitrogen and oxygen atoms in total. The Morgan fingerprint density at radius 2 is 1.95 bits per heavy atom. The van der Waals surface area contributed by atoms with Gasteiger partial charge in [0, 0.05) is 0 Å². The van der Waals surface area contributed by atoms with E-state index in [9.17, 15) is 14.5 Å². The molecule has 0 radical (unpaired) electrons. The van der Waals surface area contributed by atoms with E-state index in [-0.39, 0.29) is 47.9 Å². The van der Waals surface area contributed by atoms with Crippen LogP contribution in [0.2, 0.25) is 0 Å². The Morgan fingerprint density at radius 3 is 2.56 bits per heavy atom. The second-order valence-corrected chi connectivity index (χ2v) is 12.5. The van der Waals surface area contributed by atoms with Crippen molar-refractivity contribution in [2.24, 2.45) is 5.92 Å². The quantitative estimate of drug-likeness (QED) is 0.197. The summed E-state index contributed by atoms with van der Waals surface area (Å²) in [6.07, 6.45) is -2.84. The van der Waals surface area contributed by atoms with Crippen molar-refractivity contribution >= 4 is 30.8 Å². The summed E-state index contributed by atoms with van der Waals surface area (Å²) in [5.41, 5.74) is -0.0362. The highest BCUT2D eigenvalue weighted by Gasteiger charge is 2.96. The minimum absolute atomic E-state index is 0.0217. The first-order valence-corrected chi connectivity index (χ1v) is 15.1. The Bertz CT molecular complexity index is 1560. The average Bonchev–Trinajstić information content (AvgIpc) is 3.17. The maximum Gasteiger partial charge on any atom is 0.460 e. The molecule has 3 heterocycles. The lowest BCUT2D eigenvalue weighted by Gasteiger charge is -2.31. The zero-order valence-corrected chi connectivity index (χ0v) is 25.0. The number of benzene rings is 1. The van der Waals surface area contributed by atoms with Gasteiger partial charge in [-0.05, 0) is 38.8 Å². The van der Waals surface area contributed by atoms with Gasteiger partial charge in [0.2, 0.25) is 11.8 Å². The second-order valence-electron chi connectivity index (χ2n) is 10.9. The summed E-state index contributed by atoms with van der Waals surface area (Å²) in [5.74, 6) is -4.13. The van der Waals surface area contributed by atoms with E-state index in [1.54, 1.807) is 25.1 Å². The number of rotatable bonds is 12. The number of anilines is 1. The SMILES string of the molecule is CCOc1nc(N)nc2c1ncn2[C@@H]1O[C@]2(F)C(OP(=O)(NC(C)C(=O)OCC(C)C)Oc3ccccc3)[C@]2(O)[C@@]1(C)F. The Labute approximate surface area is 245 Å². The van der Waals surface area contributed by atoms with E-state index in [0.717, 1.165) is 17.8 Å². The van der Waals surface area contributed by atoms with Gasteiger partial charge in [-0.15, -0.1) is 0 Å². The van der Waals surface area contributed by atoms with E-state index in [0.29, 0.717) is 0 Å². The molecular weight excluding hydrogens is 593 g/mol. The van der Waals surface area contributed by atoms with Crippen molar-refractivity contribution in [2.75, 3.05) is 18.9 Å². The van der Waals surface area contributed by atoms with Crippen molar-refractivity contribution in [2.45, 2.75) is 70.1 Å². The molecule has 0 amide bonds. The Kier molecular flexibility index (Phi) is 7.88. The summed E-state index contributed by atoms with van der Waals surface area (Å²) in [5, 5.41) is 13.8. The molecule has 17 heteroatoms. The van der Waals surface area contributed by atoms with Crippen LogP contribution in [0.4, 0.5) is 14.7 Å². The maximum absolute atomic E-state index is 16.5. The van der Waals surface area contributed by atoms with Crippen molar-refractivity contribution in [1.29, 1.82) is 0 Å². The zero-order valence-electron chi connectivity index (χ0n) is 24.1. The molecule has 1 aliphatic heterocycles. The highest BCUT2D eigenvalue weighted by atomic mass is 31.2. The van der Waals surface area contributed by atoms with E-state index < -0.39 is 49.2 Å². The number of alkyl halides is 2. The van der Waals surface area contributed by atoms with E-state index in [1.807, 2.05) is 13.8 Å². The van der Waals surface area contributed by atoms with E-state index in [1.165, 1.54) is 19.1 Å². The van der Waals surface area contributed by atoms with Crippen LogP contribution in [-0.2, 0) is 23.4 Å². The molecule has 234 valence electrons. The van der Waals surface area contributed by atoms with E-state index in [4.69, 9.17) is 29.0 Å². The maximum atomic E-state index is 16.5. The summed E-state index contributed by atoms with van der Waals surface area (Å²) in [4.78, 5) is 24.7. The molecule has 1 saturated heterocycles. The summed E-state index contributed by atoms with van der Waals surface area (Å²) in [7, 11) is -4.70. The zero-order chi connectivity index (χ0) is 31.4. The summed E-state index contributed by atoms with van der Waals surface area (Å²) < 4.78 is 74.8. The Morgan fingerprint density at radius 1 is 1.26 bits per heavy atom. The van der Waals surface area contributed by atoms with Crippen LogP contribution in [0.5, 0.6) is 11.6 Å². The number of nitrogens with one attached hydrogen (secondary N) is 1. The standard InChI is InChI=1S/C26H33F2N6O8P/c1-6-38-19-17-18(31-23(29)32-19)34(13-30-17)22-24(5,27)25(36)21(26(25,28)40-22)42-43(37,41-16-10-8-7-9-11-16)33-15(4)20(35)39-12-14(2)3/h7-11,13-15,21-22,36H,6,12H2,1-5H3,(H,33,37)(H2,29,31,32)/t15?,21?,22-,24+,25+,26-,43?/m1/s1. The van der Waals surface area contributed by atoms with Crippen LogP contribution in [-0.4, -0.2) is 73.1 Å². The van der Waals surface area contributed by atoms with Crippen molar-refractivity contribution in [3.8, 4) is 11.6 Å². The number of aliphatic hydroxyl groups is 1. The van der Waals surface area contributed by atoms with Gasteiger partial charge in [0.15, 0.2) is 34.8 Å². The fraction of sp³-hybridized carbons (Fsp3) is 0.538. The number of para-hydroxylation sites is 1. The third-order valence-electron chi connectivity index (χ3n) is 7.06. The first-order valence-electron chi connectivity index (χ1n) is 13.5. The molecule has 3 unspecified atom stereocenters. The number of esters is 1. The molecule has 3 aromatic rings. The van der Waals surface area contributed by atoms with Crippen LogP contribution in [0.25, 0.3) is 11.2 Å². The topological polar surface area (TPSA) is 182 Å². The lowest BCUT2D eigenvalue weighted by molar-refractivity contribution is -0.156. The number of hydrogen-bond donors (Lipinski definition) is 3. The molecule has 1 aromatic carbocycles. The minimum Gasteiger partial charge on any atom is -0.476 e.